The second kappa shape index (κ2) is 6.01. The van der Waals surface area contributed by atoms with Crippen molar-refractivity contribution in [3.05, 3.63) is 41.5 Å². The summed E-state index contributed by atoms with van der Waals surface area (Å²) in [7, 11) is -4.70. The van der Waals surface area contributed by atoms with Gasteiger partial charge in [0.15, 0.2) is 0 Å². The molecule has 0 amide bonds. The number of carbonyl (C=O) groups is 1. The van der Waals surface area contributed by atoms with Gasteiger partial charge in [0.2, 0.25) is 0 Å². The molecule has 2 aromatic rings. The third kappa shape index (κ3) is 3.26. The molecule has 0 heterocycles. The van der Waals surface area contributed by atoms with Crippen molar-refractivity contribution in [1.29, 1.82) is 5.26 Å². The summed E-state index contributed by atoms with van der Waals surface area (Å²) < 4.78 is 67.7. The van der Waals surface area contributed by atoms with Crippen LogP contribution in [0.15, 0.2) is 30.3 Å². The summed E-state index contributed by atoms with van der Waals surface area (Å²) in [6.45, 7) is 0. The number of carbonyl (C=O) groups excluding carboxylic acids is 1. The zero-order chi connectivity index (χ0) is 18.1. The molecule has 0 aliphatic rings. The van der Waals surface area contributed by atoms with Gasteiger partial charge in [0.25, 0.3) is 0 Å². The number of hydrogen-bond donors (Lipinski definition) is 0. The standard InChI is InChI=1S/C14H8F3NO5S/c1-22-13(19)12-5-8(7-18)4-9-6-10(2-3-11(9)12)23-24(20,21)14(15,16)17/h2-6H,1H3. The third-order valence-corrected chi connectivity index (χ3v) is 3.93. The van der Waals surface area contributed by atoms with Crippen molar-refractivity contribution in [3.8, 4) is 11.8 Å². The Morgan fingerprint density at radius 3 is 2.42 bits per heavy atom. The first-order valence-corrected chi connectivity index (χ1v) is 7.57. The maximum Gasteiger partial charge on any atom is 0.534 e. The first-order chi connectivity index (χ1) is 11.1. The maximum atomic E-state index is 12.4. The number of hydrogen-bond acceptors (Lipinski definition) is 6. The smallest absolute Gasteiger partial charge is 0.465 e. The maximum absolute atomic E-state index is 12.4. The van der Waals surface area contributed by atoms with Gasteiger partial charge in [-0.3, -0.25) is 0 Å². The molecule has 0 aliphatic heterocycles. The third-order valence-electron chi connectivity index (χ3n) is 2.95. The molecule has 6 nitrogen and oxygen atoms in total. The van der Waals surface area contributed by atoms with Crippen LogP contribution in [-0.2, 0) is 14.9 Å². The molecule has 0 radical (unpaired) electrons. The second-order valence-corrected chi connectivity index (χ2v) is 6.03. The lowest BCUT2D eigenvalue weighted by atomic mass is 10.0. The first-order valence-electron chi connectivity index (χ1n) is 6.16. The van der Waals surface area contributed by atoms with Gasteiger partial charge >= 0.3 is 21.6 Å². The van der Waals surface area contributed by atoms with E-state index in [0.29, 0.717) is 0 Å². The summed E-state index contributed by atoms with van der Waals surface area (Å²) in [4.78, 5) is 11.7. The van der Waals surface area contributed by atoms with Crippen LogP contribution in [0.1, 0.15) is 15.9 Å². The van der Waals surface area contributed by atoms with Crippen LogP contribution in [0.5, 0.6) is 5.75 Å². The normalized spacial score (nSPS) is 11.8. The summed E-state index contributed by atoms with van der Waals surface area (Å²) in [6, 6.07) is 7.45. The van der Waals surface area contributed by atoms with Gasteiger partial charge in [-0.05, 0) is 41.1 Å². The van der Waals surface area contributed by atoms with Crippen LogP contribution in [0.25, 0.3) is 10.8 Å². The van der Waals surface area contributed by atoms with Crippen LogP contribution in [0.4, 0.5) is 13.2 Å². The molecule has 0 atom stereocenters. The fourth-order valence-corrected chi connectivity index (χ4v) is 2.37. The van der Waals surface area contributed by atoms with Gasteiger partial charge in [0.1, 0.15) is 5.75 Å². The van der Waals surface area contributed by atoms with Crippen molar-refractivity contribution in [1.82, 2.24) is 0 Å². The molecule has 0 aromatic heterocycles. The molecule has 10 heteroatoms. The fourth-order valence-electron chi connectivity index (χ4n) is 1.92. The molecule has 126 valence electrons. The lowest BCUT2D eigenvalue weighted by Crippen LogP contribution is -2.28. The van der Waals surface area contributed by atoms with E-state index < -0.39 is 27.3 Å². The van der Waals surface area contributed by atoms with E-state index in [-0.39, 0.29) is 21.9 Å². The van der Waals surface area contributed by atoms with Crippen molar-refractivity contribution in [2.75, 3.05) is 7.11 Å². The average Bonchev–Trinajstić information content (AvgIpc) is 2.51. The highest BCUT2D eigenvalue weighted by molar-refractivity contribution is 7.88. The molecule has 0 fully saturated rings. The second-order valence-electron chi connectivity index (χ2n) is 4.49. The Labute approximate surface area is 134 Å². The Kier molecular flexibility index (Phi) is 4.40. The summed E-state index contributed by atoms with van der Waals surface area (Å²) in [5.41, 5.74) is -5.52. The topological polar surface area (TPSA) is 93.5 Å². The highest BCUT2D eigenvalue weighted by atomic mass is 32.2. The molecule has 2 rings (SSSR count). The van der Waals surface area contributed by atoms with E-state index in [2.05, 4.69) is 8.92 Å². The summed E-state index contributed by atoms with van der Waals surface area (Å²) in [5, 5.41) is 9.36. The SMILES string of the molecule is COC(=O)c1cc(C#N)cc2cc(OS(=O)(=O)C(F)(F)F)ccc12. The monoisotopic (exact) mass is 359 g/mol. The van der Waals surface area contributed by atoms with Gasteiger partial charge in [-0.1, -0.05) is 0 Å². The molecule has 0 spiro atoms. The van der Waals surface area contributed by atoms with Crippen LogP contribution < -0.4 is 4.18 Å². The molecule has 0 N–H and O–H groups in total. The number of ether oxygens (including phenoxy) is 1. The number of benzene rings is 2. The quantitative estimate of drug-likeness (QED) is 0.475. The summed E-state index contributed by atoms with van der Waals surface area (Å²) in [6.07, 6.45) is 0. The number of nitrogens with zero attached hydrogens (tertiary/aromatic N) is 1. The Morgan fingerprint density at radius 2 is 1.88 bits per heavy atom. The molecular weight excluding hydrogens is 351 g/mol. The predicted molar refractivity (Wildman–Crippen MR) is 75.6 cm³/mol. The highest BCUT2D eigenvalue weighted by Gasteiger charge is 2.48. The van der Waals surface area contributed by atoms with Gasteiger partial charge < -0.3 is 8.92 Å². The number of esters is 1. The van der Waals surface area contributed by atoms with Crippen LogP contribution in [0.2, 0.25) is 0 Å². The molecule has 0 saturated heterocycles. The van der Waals surface area contributed by atoms with E-state index in [9.17, 15) is 26.4 Å². The highest BCUT2D eigenvalue weighted by Crippen LogP contribution is 2.30. The molecule has 0 aliphatic carbocycles. The number of methoxy groups -OCH3 is 1. The minimum atomic E-state index is -5.82. The minimum absolute atomic E-state index is 0.0109. The van der Waals surface area contributed by atoms with Gasteiger partial charge in [-0.15, -0.1) is 0 Å². The number of nitriles is 1. The molecule has 0 unspecified atom stereocenters. The Bertz CT molecular complexity index is 961. The summed E-state index contributed by atoms with van der Waals surface area (Å²) >= 11 is 0. The number of fused-ring (bicyclic) bond motifs is 1. The van der Waals surface area contributed by atoms with Gasteiger partial charge in [0, 0.05) is 0 Å². The van der Waals surface area contributed by atoms with Crippen LogP contribution in [-0.4, -0.2) is 27.0 Å². The van der Waals surface area contributed by atoms with Crippen molar-refractivity contribution in [2.45, 2.75) is 5.51 Å². The molecular formula is C14H8F3NO5S. The largest absolute Gasteiger partial charge is 0.534 e. The fraction of sp³-hybridized carbons (Fsp3) is 0.143. The minimum Gasteiger partial charge on any atom is -0.465 e. The Hall–Kier alpha value is -2.80. The van der Waals surface area contributed by atoms with Crippen molar-refractivity contribution in [2.24, 2.45) is 0 Å². The van der Waals surface area contributed by atoms with E-state index in [1.54, 1.807) is 6.07 Å². The van der Waals surface area contributed by atoms with E-state index in [0.717, 1.165) is 19.2 Å². The van der Waals surface area contributed by atoms with E-state index in [4.69, 9.17) is 5.26 Å². The lowest BCUT2D eigenvalue weighted by Gasteiger charge is -2.11. The summed E-state index contributed by atoms with van der Waals surface area (Å²) in [5.74, 6) is -1.36. The van der Waals surface area contributed by atoms with Crippen molar-refractivity contribution in [3.63, 3.8) is 0 Å². The number of rotatable bonds is 3. The van der Waals surface area contributed by atoms with Crippen LogP contribution in [0.3, 0.4) is 0 Å². The molecule has 0 saturated carbocycles. The molecule has 24 heavy (non-hydrogen) atoms. The van der Waals surface area contributed by atoms with Gasteiger partial charge in [-0.25, -0.2) is 4.79 Å². The Morgan fingerprint density at radius 1 is 1.21 bits per heavy atom. The van der Waals surface area contributed by atoms with E-state index >= 15 is 0 Å². The van der Waals surface area contributed by atoms with Crippen molar-refractivity contribution < 1.29 is 35.3 Å². The lowest BCUT2D eigenvalue weighted by molar-refractivity contribution is -0.0500. The van der Waals surface area contributed by atoms with Crippen LogP contribution >= 0.6 is 0 Å². The first kappa shape index (κ1) is 17.6. The molecule has 0 bridgehead atoms. The average molecular weight is 359 g/mol. The number of alkyl halides is 3. The van der Waals surface area contributed by atoms with Crippen LogP contribution in [0, 0.1) is 11.3 Å². The van der Waals surface area contributed by atoms with Gasteiger partial charge in [-0.2, -0.15) is 26.9 Å². The van der Waals surface area contributed by atoms with Crippen molar-refractivity contribution >= 4 is 26.9 Å². The predicted octanol–water partition coefficient (Wildman–Crippen LogP) is 2.73. The molecule has 2 aromatic carbocycles. The number of halogens is 3. The van der Waals surface area contributed by atoms with E-state index in [1.807, 2.05) is 0 Å². The van der Waals surface area contributed by atoms with Gasteiger partial charge in [0.05, 0.1) is 24.3 Å². The zero-order valence-electron chi connectivity index (χ0n) is 11.9. The van der Waals surface area contributed by atoms with E-state index in [1.165, 1.54) is 18.2 Å². The Balaban J connectivity index is 2.60. The zero-order valence-corrected chi connectivity index (χ0v) is 12.7.